The largest absolute Gasteiger partial charge is 0.493 e. The summed E-state index contributed by atoms with van der Waals surface area (Å²) in [5, 5.41) is 13.1. The van der Waals surface area contributed by atoms with E-state index >= 15 is 0 Å². The Morgan fingerprint density at radius 2 is 1.91 bits per heavy atom. The summed E-state index contributed by atoms with van der Waals surface area (Å²) >= 11 is 0. The fourth-order valence-electron chi connectivity index (χ4n) is 3.87. The van der Waals surface area contributed by atoms with E-state index in [-0.39, 0.29) is 6.10 Å². The number of ether oxygens (including phenoxy) is 3. The molecule has 2 N–H and O–H groups in total. The molecule has 0 spiro atoms. The van der Waals surface area contributed by atoms with Crippen molar-refractivity contribution in [2.24, 2.45) is 0 Å². The molecule has 11 nitrogen and oxygen atoms in total. The van der Waals surface area contributed by atoms with E-state index in [4.69, 9.17) is 18.6 Å². The van der Waals surface area contributed by atoms with Crippen LogP contribution in [0.15, 0.2) is 41.4 Å². The first-order valence-corrected chi connectivity index (χ1v) is 10.4. The topological polar surface area (TPSA) is 120 Å². The molecule has 1 aliphatic heterocycles. The first kappa shape index (κ1) is 20.9. The quantitative estimate of drug-likeness (QED) is 0.433. The molecule has 0 saturated carbocycles. The van der Waals surface area contributed by atoms with E-state index in [0.717, 1.165) is 5.69 Å². The van der Waals surface area contributed by atoms with Crippen molar-refractivity contribution in [3.05, 3.63) is 37.0 Å². The van der Waals surface area contributed by atoms with Gasteiger partial charge < -0.3 is 38.5 Å². The molecular weight excluding hydrogens is 428 g/mol. The third kappa shape index (κ3) is 3.87. The molecule has 1 aliphatic rings. The van der Waals surface area contributed by atoms with Crippen molar-refractivity contribution < 1.29 is 23.7 Å². The zero-order valence-electron chi connectivity index (χ0n) is 18.5. The minimum atomic E-state index is -0.376. The summed E-state index contributed by atoms with van der Waals surface area (Å²) < 4.78 is 23.7. The Labute approximate surface area is 189 Å². The molecule has 4 aromatic rings. The summed E-state index contributed by atoms with van der Waals surface area (Å²) in [6.07, 6.45) is 5.37. The third-order valence-electron chi connectivity index (χ3n) is 5.51. The number of rotatable bonds is 7. The lowest BCUT2D eigenvalue weighted by molar-refractivity contribution is 0.198. The van der Waals surface area contributed by atoms with Gasteiger partial charge in [0.25, 0.3) is 0 Å². The molecule has 0 unspecified atom stereocenters. The minimum absolute atomic E-state index is 0.376. The molecule has 1 aromatic carbocycles. The van der Waals surface area contributed by atoms with Crippen molar-refractivity contribution in [1.82, 2.24) is 19.5 Å². The molecule has 0 bridgehead atoms. The molecule has 0 radical (unpaired) electrons. The van der Waals surface area contributed by atoms with Crippen LogP contribution in [-0.4, -0.2) is 65.1 Å². The second kappa shape index (κ2) is 8.51. The van der Waals surface area contributed by atoms with Gasteiger partial charge in [-0.1, -0.05) is 0 Å². The average molecular weight is 452 g/mol. The Balaban J connectivity index is 1.47. The van der Waals surface area contributed by atoms with Gasteiger partial charge in [0.15, 0.2) is 22.9 Å². The highest BCUT2D eigenvalue weighted by Crippen LogP contribution is 2.39. The number of hydrogen-bond donors (Lipinski definition) is 2. The lowest BCUT2D eigenvalue weighted by Crippen LogP contribution is -2.23. The van der Waals surface area contributed by atoms with E-state index < -0.39 is 0 Å². The van der Waals surface area contributed by atoms with Crippen LogP contribution in [0.3, 0.4) is 0 Å². The van der Waals surface area contributed by atoms with Crippen molar-refractivity contribution in [3.63, 3.8) is 0 Å². The Morgan fingerprint density at radius 1 is 1.12 bits per heavy atom. The lowest BCUT2D eigenvalue weighted by Gasteiger charge is -2.16. The predicted octanol–water partition coefficient (Wildman–Crippen LogP) is 2.75. The summed E-state index contributed by atoms with van der Waals surface area (Å²) in [6, 6.07) is 5.45. The third-order valence-corrected chi connectivity index (χ3v) is 5.51. The highest BCUT2D eigenvalue weighted by Gasteiger charge is 2.24. The lowest BCUT2D eigenvalue weighted by atomic mass is 10.2. The minimum Gasteiger partial charge on any atom is -0.493 e. The zero-order valence-corrected chi connectivity index (χ0v) is 18.5. The summed E-state index contributed by atoms with van der Waals surface area (Å²) in [5.74, 6) is 3.19. The summed E-state index contributed by atoms with van der Waals surface area (Å²) in [5.41, 5.74) is 1.98. The molecule has 5 rings (SSSR count). The normalized spacial score (nSPS) is 15.8. The first-order valence-electron chi connectivity index (χ1n) is 10.4. The molecule has 4 heterocycles. The van der Waals surface area contributed by atoms with Crippen molar-refractivity contribution >= 4 is 28.7 Å². The fourth-order valence-corrected chi connectivity index (χ4v) is 3.87. The van der Waals surface area contributed by atoms with Gasteiger partial charge in [-0.2, -0.15) is 4.98 Å². The second-order valence-electron chi connectivity index (χ2n) is 7.57. The highest BCUT2D eigenvalue weighted by atomic mass is 16.5. The van der Waals surface area contributed by atoms with Crippen LogP contribution in [0.5, 0.6) is 17.2 Å². The maximum Gasteiger partial charge on any atom is 0.228 e. The van der Waals surface area contributed by atoms with Gasteiger partial charge in [0.1, 0.15) is 17.7 Å². The fraction of sp³-hybridized carbons (Fsp3) is 0.318. The number of aromatic nitrogens is 4. The van der Waals surface area contributed by atoms with E-state index in [9.17, 15) is 5.11 Å². The van der Waals surface area contributed by atoms with Crippen LogP contribution in [0.1, 0.15) is 6.42 Å². The maximum absolute atomic E-state index is 9.89. The standard InChI is InChI=1S/C22H24N6O5/c1-30-16-8-13(9-17(31-2)20(16)32-3)28-11-18(23-12-28)25-21-19-15(5-7-33-19)24-22(26-21)27-6-4-14(29)10-27/h5,7-9,11-12,14,29H,4,6,10H2,1-3H3,(H,24,25,26)/t14-/m1/s1. The predicted molar refractivity (Wildman–Crippen MR) is 121 cm³/mol. The summed E-state index contributed by atoms with van der Waals surface area (Å²) in [4.78, 5) is 15.6. The van der Waals surface area contributed by atoms with Crippen LogP contribution >= 0.6 is 0 Å². The zero-order chi connectivity index (χ0) is 22.9. The van der Waals surface area contributed by atoms with Gasteiger partial charge in [-0.25, -0.2) is 9.97 Å². The monoisotopic (exact) mass is 452 g/mol. The smallest absolute Gasteiger partial charge is 0.228 e. The molecule has 1 saturated heterocycles. The SMILES string of the molecule is COc1cc(-n2cnc(Nc3nc(N4CC[C@@H](O)C4)nc4ccoc34)c2)cc(OC)c1OC. The number of aliphatic hydroxyl groups excluding tert-OH is 1. The Bertz CT molecular complexity index is 1260. The molecule has 1 atom stereocenters. The number of fused-ring (bicyclic) bond motifs is 1. The van der Waals surface area contributed by atoms with E-state index in [1.807, 2.05) is 27.8 Å². The number of furan rings is 1. The van der Waals surface area contributed by atoms with Crippen LogP contribution in [0, 0.1) is 0 Å². The first-order chi connectivity index (χ1) is 16.1. The van der Waals surface area contributed by atoms with E-state index in [2.05, 4.69) is 20.3 Å². The number of hydrogen-bond acceptors (Lipinski definition) is 10. The van der Waals surface area contributed by atoms with Crippen LogP contribution in [0.4, 0.5) is 17.6 Å². The number of nitrogens with one attached hydrogen (secondary N) is 1. The molecule has 3 aromatic heterocycles. The van der Waals surface area contributed by atoms with Crippen LogP contribution < -0.4 is 24.4 Å². The molecule has 0 amide bonds. The maximum atomic E-state index is 9.89. The van der Waals surface area contributed by atoms with Gasteiger partial charge in [-0.15, -0.1) is 0 Å². The van der Waals surface area contributed by atoms with Gasteiger partial charge in [0.05, 0.1) is 45.6 Å². The average Bonchev–Trinajstić information content (AvgIpc) is 3.58. The highest BCUT2D eigenvalue weighted by molar-refractivity contribution is 5.86. The van der Waals surface area contributed by atoms with Crippen molar-refractivity contribution in [2.45, 2.75) is 12.5 Å². The molecular formula is C22H24N6O5. The molecule has 11 heteroatoms. The number of nitrogens with zero attached hydrogens (tertiary/aromatic N) is 5. The van der Waals surface area contributed by atoms with E-state index in [1.54, 1.807) is 40.0 Å². The molecule has 33 heavy (non-hydrogen) atoms. The number of methoxy groups -OCH3 is 3. The van der Waals surface area contributed by atoms with Gasteiger partial charge in [-0.3, -0.25) is 0 Å². The second-order valence-corrected chi connectivity index (χ2v) is 7.57. The van der Waals surface area contributed by atoms with E-state index in [0.29, 0.717) is 65.4 Å². The van der Waals surface area contributed by atoms with Crippen LogP contribution in [0.25, 0.3) is 16.8 Å². The number of aliphatic hydroxyl groups is 1. The number of β-amino-alcohol motifs (C(OH)–C–C–N with tert-alkyl or cyclic N) is 1. The van der Waals surface area contributed by atoms with Gasteiger partial charge in [-0.05, 0) is 6.42 Å². The number of anilines is 3. The summed E-state index contributed by atoms with van der Waals surface area (Å²) in [7, 11) is 4.71. The summed E-state index contributed by atoms with van der Waals surface area (Å²) in [6.45, 7) is 1.19. The van der Waals surface area contributed by atoms with Crippen LogP contribution in [-0.2, 0) is 0 Å². The van der Waals surface area contributed by atoms with Crippen molar-refractivity contribution in [3.8, 4) is 22.9 Å². The Hall–Kier alpha value is -3.99. The number of imidazole rings is 1. The van der Waals surface area contributed by atoms with Gasteiger partial charge in [0.2, 0.25) is 11.7 Å². The van der Waals surface area contributed by atoms with E-state index in [1.165, 1.54) is 0 Å². The molecule has 172 valence electrons. The van der Waals surface area contributed by atoms with Gasteiger partial charge in [0, 0.05) is 31.3 Å². The Kier molecular flexibility index (Phi) is 5.38. The van der Waals surface area contributed by atoms with Crippen molar-refractivity contribution in [1.29, 1.82) is 0 Å². The number of benzene rings is 1. The molecule has 0 aliphatic carbocycles. The van der Waals surface area contributed by atoms with Gasteiger partial charge >= 0.3 is 0 Å². The van der Waals surface area contributed by atoms with Crippen molar-refractivity contribution in [2.75, 3.05) is 44.6 Å². The van der Waals surface area contributed by atoms with Crippen LogP contribution in [0.2, 0.25) is 0 Å². The Morgan fingerprint density at radius 3 is 2.58 bits per heavy atom. The molecule has 1 fully saturated rings.